The normalized spacial score (nSPS) is 12.5. The Kier molecular flexibility index (Phi) is 5.08. The van der Waals surface area contributed by atoms with Gasteiger partial charge in [0.25, 0.3) is 0 Å². The number of anilines is 1. The third-order valence-electron chi connectivity index (χ3n) is 6.24. The van der Waals surface area contributed by atoms with E-state index in [1.165, 1.54) is 12.4 Å². The Hall–Kier alpha value is -4.84. The molecule has 0 amide bonds. The maximum Gasteiger partial charge on any atom is 0.322 e. The zero-order valence-electron chi connectivity index (χ0n) is 19.4. The summed E-state index contributed by atoms with van der Waals surface area (Å²) in [6.45, 7) is 2.50. The molecule has 5 heterocycles. The molecule has 36 heavy (non-hydrogen) atoms. The predicted octanol–water partition coefficient (Wildman–Crippen LogP) is 4.70. The zero-order valence-corrected chi connectivity index (χ0v) is 19.4. The van der Waals surface area contributed by atoms with E-state index in [0.717, 1.165) is 41.1 Å². The number of nitrogens with two attached hydrogens (primary N) is 1. The van der Waals surface area contributed by atoms with Gasteiger partial charge in [-0.05, 0) is 55.7 Å². The lowest BCUT2D eigenvalue weighted by molar-refractivity contribution is 0.410. The van der Waals surface area contributed by atoms with Crippen LogP contribution < -0.4 is 10.5 Å². The van der Waals surface area contributed by atoms with Crippen LogP contribution in [0.25, 0.3) is 33.4 Å². The maximum absolute atomic E-state index is 15.4. The van der Waals surface area contributed by atoms with Crippen molar-refractivity contribution in [2.75, 3.05) is 5.73 Å². The molecule has 8 nitrogen and oxygen atoms in total. The number of ether oxygens (including phenoxy) is 1. The molecular weight excluding hydrogens is 457 g/mol. The molecule has 0 saturated carbocycles. The molecule has 176 valence electrons. The van der Waals surface area contributed by atoms with Crippen molar-refractivity contribution in [3.63, 3.8) is 0 Å². The molecule has 0 saturated heterocycles. The highest BCUT2D eigenvalue weighted by molar-refractivity contribution is 6.08. The fourth-order valence-electron chi connectivity index (χ4n) is 4.68. The van der Waals surface area contributed by atoms with E-state index in [-0.39, 0.29) is 11.8 Å². The third kappa shape index (κ3) is 3.51. The Morgan fingerprint density at radius 1 is 1.11 bits per heavy atom. The molecule has 5 aromatic rings. The minimum atomic E-state index is -0.559. The highest BCUT2D eigenvalue weighted by Crippen LogP contribution is 2.45. The first-order chi connectivity index (χ1) is 17.5. The van der Waals surface area contributed by atoms with Crippen LogP contribution in [0.3, 0.4) is 0 Å². The van der Waals surface area contributed by atoms with Gasteiger partial charge in [0.15, 0.2) is 11.6 Å². The van der Waals surface area contributed by atoms with Crippen LogP contribution in [0, 0.1) is 25.1 Å². The lowest BCUT2D eigenvalue weighted by Crippen LogP contribution is -2.00. The summed E-state index contributed by atoms with van der Waals surface area (Å²) in [6, 6.07) is 10.3. The van der Waals surface area contributed by atoms with Crippen LogP contribution in [0.1, 0.15) is 23.5 Å². The van der Waals surface area contributed by atoms with E-state index >= 15 is 4.39 Å². The number of nitrogens with zero attached hydrogens (tertiary/aromatic N) is 6. The molecule has 0 atom stereocenters. The topological polar surface area (TPSA) is 105 Å². The number of benzene rings is 1. The standard InChI is InChI=1S/C27H20FN7O/c1-3-17-7-8-18-20(34-17)5-4-12-35-24(18)22(23-25(29)31-14-32-26(23)35)16-6-9-21(19(28)13-16)36-27-30-11-10-15(2)33-27/h1,6-11,13-14H,4-5,12H2,2H3,(H2,29,31,32). The van der Waals surface area contributed by atoms with Crippen molar-refractivity contribution in [2.45, 2.75) is 26.3 Å². The fraction of sp³-hybridized carbons (Fsp3) is 0.148. The highest BCUT2D eigenvalue weighted by atomic mass is 19.1. The first-order valence-corrected chi connectivity index (χ1v) is 11.4. The average Bonchev–Trinajstić information content (AvgIpc) is 3.09. The smallest absolute Gasteiger partial charge is 0.322 e. The van der Waals surface area contributed by atoms with Crippen LogP contribution in [0.5, 0.6) is 11.8 Å². The third-order valence-corrected chi connectivity index (χ3v) is 6.24. The van der Waals surface area contributed by atoms with Crippen LogP contribution in [0.4, 0.5) is 10.2 Å². The fourth-order valence-corrected chi connectivity index (χ4v) is 4.68. The molecule has 1 aromatic carbocycles. The van der Waals surface area contributed by atoms with Crippen LogP contribution in [-0.2, 0) is 13.0 Å². The van der Waals surface area contributed by atoms with E-state index in [1.54, 1.807) is 24.4 Å². The first kappa shape index (κ1) is 21.7. The number of pyridine rings is 1. The molecule has 9 heteroatoms. The van der Waals surface area contributed by atoms with Crippen LogP contribution in [-0.4, -0.2) is 29.5 Å². The van der Waals surface area contributed by atoms with Gasteiger partial charge in [-0.2, -0.15) is 0 Å². The van der Waals surface area contributed by atoms with Crippen molar-refractivity contribution in [3.8, 4) is 46.5 Å². The van der Waals surface area contributed by atoms with Crippen molar-refractivity contribution in [1.29, 1.82) is 0 Å². The average molecular weight is 478 g/mol. The molecule has 6 rings (SSSR count). The molecular formula is C27H20FN7O. The number of aromatic nitrogens is 6. The van der Waals surface area contributed by atoms with Gasteiger partial charge in [-0.25, -0.2) is 29.3 Å². The van der Waals surface area contributed by atoms with Gasteiger partial charge in [0.05, 0.1) is 16.8 Å². The number of terminal acetylenes is 1. The van der Waals surface area contributed by atoms with Crippen LogP contribution in [0.2, 0.25) is 0 Å². The van der Waals surface area contributed by atoms with E-state index in [0.29, 0.717) is 34.7 Å². The summed E-state index contributed by atoms with van der Waals surface area (Å²) in [5.41, 5.74) is 12.3. The summed E-state index contributed by atoms with van der Waals surface area (Å²) in [5, 5.41) is 0.663. The number of hydrogen-bond acceptors (Lipinski definition) is 7. The summed E-state index contributed by atoms with van der Waals surface area (Å²) < 4.78 is 23.1. The second-order valence-electron chi connectivity index (χ2n) is 8.50. The predicted molar refractivity (Wildman–Crippen MR) is 134 cm³/mol. The number of halogens is 1. The minimum Gasteiger partial charge on any atom is -0.421 e. The number of hydrogen-bond donors (Lipinski definition) is 1. The highest BCUT2D eigenvalue weighted by Gasteiger charge is 2.27. The second-order valence-corrected chi connectivity index (χ2v) is 8.50. The summed E-state index contributed by atoms with van der Waals surface area (Å²) in [7, 11) is 0. The Morgan fingerprint density at radius 2 is 2.00 bits per heavy atom. The van der Waals surface area contributed by atoms with Crippen LogP contribution >= 0.6 is 0 Å². The lowest BCUT2D eigenvalue weighted by Gasteiger charge is -2.12. The summed E-state index contributed by atoms with van der Waals surface area (Å²) >= 11 is 0. The Morgan fingerprint density at radius 3 is 2.81 bits per heavy atom. The summed E-state index contributed by atoms with van der Waals surface area (Å²) in [4.78, 5) is 21.7. The van der Waals surface area contributed by atoms with Gasteiger partial charge in [0.1, 0.15) is 23.5 Å². The number of nitrogen functional groups attached to an aromatic ring is 1. The Labute approximate surface area is 206 Å². The van der Waals surface area contributed by atoms with Gasteiger partial charge >= 0.3 is 6.01 Å². The molecule has 1 aliphatic rings. The van der Waals surface area contributed by atoms with Gasteiger partial charge in [-0.1, -0.05) is 12.0 Å². The second kappa shape index (κ2) is 8.43. The molecule has 0 spiro atoms. The quantitative estimate of drug-likeness (QED) is 0.376. The molecule has 0 bridgehead atoms. The molecule has 0 unspecified atom stereocenters. The Balaban J connectivity index is 1.57. The first-order valence-electron chi connectivity index (χ1n) is 11.4. The van der Waals surface area contributed by atoms with Crippen molar-refractivity contribution in [2.24, 2.45) is 0 Å². The molecule has 0 aliphatic carbocycles. The number of fused-ring (bicyclic) bond motifs is 5. The van der Waals surface area contributed by atoms with Crippen LogP contribution in [0.15, 0.2) is 48.9 Å². The minimum absolute atomic E-state index is 0.0175. The molecule has 4 aromatic heterocycles. The van der Waals surface area contributed by atoms with Crippen molar-refractivity contribution in [1.82, 2.24) is 29.5 Å². The van der Waals surface area contributed by atoms with Crippen molar-refractivity contribution < 1.29 is 9.13 Å². The van der Waals surface area contributed by atoms with Crippen molar-refractivity contribution in [3.05, 3.63) is 71.8 Å². The van der Waals surface area contributed by atoms with Crippen molar-refractivity contribution >= 4 is 16.9 Å². The van der Waals surface area contributed by atoms with E-state index in [9.17, 15) is 0 Å². The van der Waals surface area contributed by atoms with Gasteiger partial charge in [0, 0.05) is 29.6 Å². The summed E-state index contributed by atoms with van der Waals surface area (Å²) in [5.74, 6) is 2.38. The van der Waals surface area contributed by atoms with E-state index in [1.807, 2.05) is 19.1 Å². The monoisotopic (exact) mass is 477 g/mol. The van der Waals surface area contributed by atoms with Gasteiger partial charge in [0.2, 0.25) is 0 Å². The van der Waals surface area contributed by atoms with Gasteiger partial charge < -0.3 is 15.0 Å². The van der Waals surface area contributed by atoms with Gasteiger partial charge in [-0.15, -0.1) is 6.42 Å². The maximum atomic E-state index is 15.4. The molecule has 0 radical (unpaired) electrons. The van der Waals surface area contributed by atoms with Gasteiger partial charge in [-0.3, -0.25) is 0 Å². The molecule has 1 aliphatic heterocycles. The Bertz CT molecular complexity index is 1700. The number of rotatable bonds is 3. The lowest BCUT2D eigenvalue weighted by atomic mass is 9.97. The SMILES string of the molecule is C#Cc1ccc2c(n1)CCCn1c-2c(-c2ccc(Oc3nccc(C)n3)c(F)c2)c2c(N)ncnc21. The number of aryl methyl sites for hydroxylation is 3. The largest absolute Gasteiger partial charge is 0.421 e. The summed E-state index contributed by atoms with van der Waals surface area (Å²) in [6.07, 6.45) is 10.2. The van der Waals surface area contributed by atoms with E-state index in [4.69, 9.17) is 16.9 Å². The zero-order chi connectivity index (χ0) is 24.8. The molecule has 2 N–H and O–H groups in total. The van der Waals surface area contributed by atoms with E-state index < -0.39 is 5.82 Å². The van der Waals surface area contributed by atoms with E-state index in [2.05, 4.69) is 35.4 Å². The molecule has 0 fully saturated rings.